The van der Waals surface area contributed by atoms with Crippen molar-refractivity contribution in [3.05, 3.63) is 29.8 Å². The lowest BCUT2D eigenvalue weighted by Gasteiger charge is -2.45. The lowest BCUT2D eigenvalue weighted by Crippen LogP contribution is -2.60. The zero-order valence-electron chi connectivity index (χ0n) is 16.6. The van der Waals surface area contributed by atoms with E-state index in [1.165, 1.54) is 4.31 Å². The molecular weight excluding hydrogens is 362 g/mol. The van der Waals surface area contributed by atoms with Gasteiger partial charge in [0.1, 0.15) is 6.17 Å². The third-order valence-electron chi connectivity index (χ3n) is 5.49. The zero-order valence-corrected chi connectivity index (χ0v) is 17.4. The van der Waals surface area contributed by atoms with E-state index in [1.807, 2.05) is 32.9 Å². The number of nitrogens with zero attached hydrogens (tertiary/aromatic N) is 3. The average Bonchev–Trinajstić information content (AvgIpc) is 3.14. The summed E-state index contributed by atoms with van der Waals surface area (Å²) in [5.41, 5.74) is 1.02. The SMILES string of the molecule is Cc1ccc(S(=O)(=O)N2CCCN(C(=O)CN3CCCC3)C2C(C)C)cc1. The van der Waals surface area contributed by atoms with Gasteiger partial charge in [-0.3, -0.25) is 9.69 Å². The standard InChI is InChI=1S/C20H31N3O3S/c1-16(2)20-22(19(24)15-21-11-4-5-12-21)13-6-14-23(20)27(25,26)18-9-7-17(3)8-10-18/h7-10,16,20H,4-6,11-15H2,1-3H3. The van der Waals surface area contributed by atoms with Crippen LogP contribution in [0.15, 0.2) is 29.2 Å². The monoisotopic (exact) mass is 393 g/mol. The van der Waals surface area contributed by atoms with Crippen molar-refractivity contribution in [2.45, 2.75) is 51.1 Å². The summed E-state index contributed by atoms with van der Waals surface area (Å²) in [6.07, 6.45) is 2.50. The van der Waals surface area contributed by atoms with Gasteiger partial charge >= 0.3 is 0 Å². The van der Waals surface area contributed by atoms with Crippen molar-refractivity contribution in [2.24, 2.45) is 5.92 Å². The van der Waals surface area contributed by atoms with E-state index in [4.69, 9.17) is 0 Å². The highest BCUT2D eigenvalue weighted by atomic mass is 32.2. The number of sulfonamides is 1. The Hall–Kier alpha value is -1.44. The molecule has 150 valence electrons. The van der Waals surface area contributed by atoms with Crippen LogP contribution in [0.2, 0.25) is 0 Å². The molecule has 2 aliphatic heterocycles. The molecule has 2 aliphatic rings. The Morgan fingerprint density at radius 1 is 1.04 bits per heavy atom. The van der Waals surface area contributed by atoms with Gasteiger partial charge in [0.15, 0.2) is 0 Å². The highest BCUT2D eigenvalue weighted by molar-refractivity contribution is 7.89. The second-order valence-corrected chi connectivity index (χ2v) is 9.90. The first-order valence-electron chi connectivity index (χ1n) is 9.91. The summed E-state index contributed by atoms with van der Waals surface area (Å²) in [5.74, 6) is 0.0625. The maximum atomic E-state index is 13.3. The van der Waals surface area contributed by atoms with Crippen molar-refractivity contribution in [3.63, 3.8) is 0 Å². The summed E-state index contributed by atoms with van der Waals surface area (Å²) in [5, 5.41) is 0. The van der Waals surface area contributed by atoms with Gasteiger partial charge in [0.2, 0.25) is 15.9 Å². The molecule has 1 amide bonds. The number of rotatable bonds is 5. The molecule has 0 saturated carbocycles. The third kappa shape index (κ3) is 4.36. The lowest BCUT2D eigenvalue weighted by molar-refractivity contribution is -0.140. The van der Waals surface area contributed by atoms with Gasteiger partial charge in [-0.25, -0.2) is 8.42 Å². The second kappa shape index (κ2) is 8.29. The van der Waals surface area contributed by atoms with Crippen molar-refractivity contribution >= 4 is 15.9 Å². The van der Waals surface area contributed by atoms with Gasteiger partial charge in [-0.05, 0) is 57.3 Å². The van der Waals surface area contributed by atoms with E-state index in [9.17, 15) is 13.2 Å². The Kier molecular flexibility index (Phi) is 6.23. The Morgan fingerprint density at radius 3 is 2.26 bits per heavy atom. The molecule has 0 radical (unpaired) electrons. The van der Waals surface area contributed by atoms with Crippen molar-refractivity contribution in [1.29, 1.82) is 0 Å². The molecule has 1 atom stereocenters. The summed E-state index contributed by atoms with van der Waals surface area (Å²) in [6, 6.07) is 6.95. The molecule has 1 aromatic rings. The highest BCUT2D eigenvalue weighted by Gasteiger charge is 2.41. The molecule has 6 nitrogen and oxygen atoms in total. The first-order valence-corrected chi connectivity index (χ1v) is 11.3. The molecule has 0 aliphatic carbocycles. The number of benzene rings is 1. The number of carbonyl (C=O) groups excluding carboxylic acids is 1. The van der Waals surface area contributed by atoms with E-state index in [0.29, 0.717) is 31.0 Å². The number of likely N-dealkylation sites (tertiary alicyclic amines) is 1. The predicted octanol–water partition coefficient (Wildman–Crippen LogP) is 2.30. The van der Waals surface area contributed by atoms with Crippen molar-refractivity contribution in [3.8, 4) is 0 Å². The minimum absolute atomic E-state index is 0.0213. The number of aryl methyl sites for hydroxylation is 1. The smallest absolute Gasteiger partial charge is 0.244 e. The van der Waals surface area contributed by atoms with E-state index in [2.05, 4.69) is 4.90 Å². The van der Waals surface area contributed by atoms with Crippen LogP contribution in [0.1, 0.15) is 38.7 Å². The quantitative estimate of drug-likeness (QED) is 0.770. The number of amides is 1. The summed E-state index contributed by atoms with van der Waals surface area (Å²) < 4.78 is 28.1. The Balaban J connectivity index is 1.85. The largest absolute Gasteiger partial charge is 0.325 e. The molecule has 0 spiro atoms. The predicted molar refractivity (Wildman–Crippen MR) is 106 cm³/mol. The number of carbonyl (C=O) groups is 1. The highest BCUT2D eigenvalue weighted by Crippen LogP contribution is 2.28. The molecule has 3 rings (SSSR count). The molecule has 1 aromatic carbocycles. The fourth-order valence-corrected chi connectivity index (χ4v) is 5.87. The topological polar surface area (TPSA) is 60.9 Å². The van der Waals surface area contributed by atoms with Crippen molar-refractivity contribution in [1.82, 2.24) is 14.1 Å². The van der Waals surface area contributed by atoms with Gasteiger partial charge in [-0.15, -0.1) is 0 Å². The molecule has 0 bridgehead atoms. The molecule has 7 heteroatoms. The molecule has 2 heterocycles. The summed E-state index contributed by atoms with van der Waals surface area (Å²) in [4.78, 5) is 17.2. The first-order chi connectivity index (χ1) is 12.8. The lowest BCUT2D eigenvalue weighted by atomic mass is 10.1. The molecule has 0 aromatic heterocycles. The van der Waals surface area contributed by atoms with Crippen molar-refractivity contribution < 1.29 is 13.2 Å². The van der Waals surface area contributed by atoms with Crippen LogP contribution in [0.25, 0.3) is 0 Å². The van der Waals surface area contributed by atoms with Crippen LogP contribution in [0.3, 0.4) is 0 Å². The summed E-state index contributed by atoms with van der Waals surface area (Å²) >= 11 is 0. The third-order valence-corrected chi connectivity index (χ3v) is 7.38. The van der Waals surface area contributed by atoms with E-state index in [-0.39, 0.29) is 11.8 Å². The maximum absolute atomic E-state index is 13.3. The Labute approximate surface area is 163 Å². The molecule has 2 saturated heterocycles. The van der Waals surface area contributed by atoms with Crippen LogP contribution in [0.5, 0.6) is 0 Å². The first kappa shape index (κ1) is 20.3. The average molecular weight is 394 g/mol. The van der Waals surface area contributed by atoms with E-state index in [1.54, 1.807) is 17.0 Å². The van der Waals surface area contributed by atoms with Gasteiger partial charge in [0, 0.05) is 13.1 Å². The van der Waals surface area contributed by atoms with Gasteiger partial charge in [0.05, 0.1) is 11.4 Å². The number of hydrogen-bond acceptors (Lipinski definition) is 4. The summed E-state index contributed by atoms with van der Waals surface area (Å²) in [6.45, 7) is 9.29. The fourth-order valence-electron chi connectivity index (χ4n) is 4.11. The van der Waals surface area contributed by atoms with Gasteiger partial charge in [-0.1, -0.05) is 31.5 Å². The normalized spacial score (nSPS) is 22.5. The minimum atomic E-state index is -3.64. The van der Waals surface area contributed by atoms with Crippen LogP contribution in [0.4, 0.5) is 0 Å². The van der Waals surface area contributed by atoms with Crippen molar-refractivity contribution in [2.75, 3.05) is 32.7 Å². The Bertz CT molecular complexity index is 755. The number of hydrogen-bond donors (Lipinski definition) is 0. The molecule has 1 unspecified atom stereocenters. The Morgan fingerprint density at radius 2 is 1.67 bits per heavy atom. The van der Waals surface area contributed by atoms with Crippen LogP contribution >= 0.6 is 0 Å². The molecule has 27 heavy (non-hydrogen) atoms. The van der Waals surface area contributed by atoms with Crippen LogP contribution < -0.4 is 0 Å². The van der Waals surface area contributed by atoms with Gasteiger partial charge in [0.25, 0.3) is 0 Å². The van der Waals surface area contributed by atoms with Crippen LogP contribution in [-0.4, -0.2) is 67.3 Å². The molecule has 0 N–H and O–H groups in total. The minimum Gasteiger partial charge on any atom is -0.325 e. The fraction of sp³-hybridized carbons (Fsp3) is 0.650. The maximum Gasteiger partial charge on any atom is 0.244 e. The molecular formula is C20H31N3O3S. The van der Waals surface area contributed by atoms with Crippen LogP contribution in [0, 0.1) is 12.8 Å². The van der Waals surface area contributed by atoms with E-state index >= 15 is 0 Å². The van der Waals surface area contributed by atoms with E-state index in [0.717, 1.165) is 31.5 Å². The summed E-state index contributed by atoms with van der Waals surface area (Å²) in [7, 11) is -3.64. The van der Waals surface area contributed by atoms with E-state index < -0.39 is 16.2 Å². The van der Waals surface area contributed by atoms with Gasteiger partial charge in [-0.2, -0.15) is 4.31 Å². The van der Waals surface area contributed by atoms with Crippen LogP contribution in [-0.2, 0) is 14.8 Å². The molecule has 2 fully saturated rings. The van der Waals surface area contributed by atoms with Gasteiger partial charge < -0.3 is 4.90 Å². The zero-order chi connectivity index (χ0) is 19.6. The second-order valence-electron chi connectivity index (χ2n) is 8.01.